The van der Waals surface area contributed by atoms with Gasteiger partial charge >= 0.3 is 5.97 Å². The van der Waals surface area contributed by atoms with Crippen LogP contribution in [0.4, 0.5) is 4.39 Å². The van der Waals surface area contributed by atoms with Crippen molar-refractivity contribution in [3.8, 4) is 5.75 Å². The Labute approximate surface area is 153 Å². The molecule has 1 atom stereocenters. The molecular formula is C20H26FNO4. The van der Waals surface area contributed by atoms with Crippen LogP contribution in [0, 0.1) is 5.82 Å². The summed E-state index contributed by atoms with van der Waals surface area (Å²) in [5, 5.41) is 2.95. The molecule has 0 spiro atoms. The molecule has 0 aromatic heterocycles. The normalized spacial score (nSPS) is 16.7. The topological polar surface area (TPSA) is 64.6 Å². The maximum atomic E-state index is 13.6. The minimum absolute atomic E-state index is 0.133. The molecule has 1 aliphatic carbocycles. The van der Waals surface area contributed by atoms with Gasteiger partial charge in [0.2, 0.25) is 0 Å². The van der Waals surface area contributed by atoms with Gasteiger partial charge in [0.25, 0.3) is 5.91 Å². The summed E-state index contributed by atoms with van der Waals surface area (Å²) in [5.74, 6) is -1.31. The number of carbonyl (C=O) groups excluding carboxylic acids is 2. The number of esters is 1. The van der Waals surface area contributed by atoms with Crippen molar-refractivity contribution in [3.63, 3.8) is 0 Å². The summed E-state index contributed by atoms with van der Waals surface area (Å²) in [4.78, 5) is 24.1. The molecule has 1 aliphatic rings. The molecule has 0 saturated heterocycles. The summed E-state index contributed by atoms with van der Waals surface area (Å²) in [6, 6.07) is 4.51. The fourth-order valence-electron chi connectivity index (χ4n) is 2.96. The van der Waals surface area contributed by atoms with E-state index >= 15 is 0 Å². The van der Waals surface area contributed by atoms with Crippen LogP contribution in [0.3, 0.4) is 0 Å². The summed E-state index contributed by atoms with van der Waals surface area (Å²) in [6.07, 6.45) is 8.30. The van der Waals surface area contributed by atoms with Crippen molar-refractivity contribution in [2.75, 3.05) is 7.11 Å². The van der Waals surface area contributed by atoms with E-state index in [1.807, 2.05) is 0 Å². The third kappa shape index (κ3) is 6.17. The standard InChI is InChI=1S/C20H26FNO4/c1-14(20(24)22-16-7-5-3-4-6-8-16)26-19(23)12-10-15-9-11-18(25-2)17(21)13-15/h9-14,16H,3-8H2,1-2H3,(H,22,24)/b12-10+/t14-/m1/s1. The Kier molecular flexibility index (Phi) is 7.63. The minimum Gasteiger partial charge on any atom is -0.494 e. The van der Waals surface area contributed by atoms with Crippen molar-refractivity contribution in [2.45, 2.75) is 57.6 Å². The monoisotopic (exact) mass is 363 g/mol. The van der Waals surface area contributed by atoms with Crippen LogP contribution in [0.15, 0.2) is 24.3 Å². The van der Waals surface area contributed by atoms with Crippen LogP contribution >= 0.6 is 0 Å². The number of amides is 1. The molecule has 1 aromatic rings. The average Bonchev–Trinajstić information content (AvgIpc) is 2.88. The molecule has 0 heterocycles. The second kappa shape index (κ2) is 9.94. The second-order valence-corrected chi connectivity index (χ2v) is 6.50. The number of hydrogen-bond donors (Lipinski definition) is 1. The number of carbonyl (C=O) groups is 2. The maximum Gasteiger partial charge on any atom is 0.331 e. The zero-order valence-corrected chi connectivity index (χ0v) is 15.3. The highest BCUT2D eigenvalue weighted by molar-refractivity contribution is 5.90. The lowest BCUT2D eigenvalue weighted by Crippen LogP contribution is -2.41. The number of halogens is 1. The highest BCUT2D eigenvalue weighted by atomic mass is 19.1. The molecule has 6 heteroatoms. The largest absolute Gasteiger partial charge is 0.494 e. The Morgan fingerprint density at radius 3 is 2.54 bits per heavy atom. The Bertz CT molecular complexity index is 651. The highest BCUT2D eigenvalue weighted by Crippen LogP contribution is 2.19. The number of methoxy groups -OCH3 is 1. The Hall–Kier alpha value is -2.37. The van der Waals surface area contributed by atoms with Crippen molar-refractivity contribution in [2.24, 2.45) is 0 Å². The zero-order chi connectivity index (χ0) is 18.9. The smallest absolute Gasteiger partial charge is 0.331 e. The zero-order valence-electron chi connectivity index (χ0n) is 15.3. The maximum absolute atomic E-state index is 13.6. The minimum atomic E-state index is -0.872. The van der Waals surface area contributed by atoms with Crippen molar-refractivity contribution < 1.29 is 23.5 Å². The van der Waals surface area contributed by atoms with Gasteiger partial charge in [0.05, 0.1) is 7.11 Å². The molecule has 1 amide bonds. The van der Waals surface area contributed by atoms with E-state index in [1.54, 1.807) is 13.0 Å². The quantitative estimate of drug-likeness (QED) is 0.476. The van der Waals surface area contributed by atoms with Gasteiger partial charge in [-0.05, 0) is 43.5 Å². The molecule has 26 heavy (non-hydrogen) atoms. The van der Waals surface area contributed by atoms with Crippen LogP contribution in [-0.2, 0) is 14.3 Å². The van der Waals surface area contributed by atoms with Crippen LogP contribution < -0.4 is 10.1 Å². The van der Waals surface area contributed by atoms with Gasteiger partial charge in [-0.15, -0.1) is 0 Å². The van der Waals surface area contributed by atoms with Gasteiger partial charge in [0.1, 0.15) is 0 Å². The summed E-state index contributed by atoms with van der Waals surface area (Å²) < 4.78 is 23.6. The van der Waals surface area contributed by atoms with Crippen LogP contribution in [-0.4, -0.2) is 31.1 Å². The van der Waals surface area contributed by atoms with E-state index in [2.05, 4.69) is 5.32 Å². The molecule has 0 bridgehead atoms. The first-order valence-electron chi connectivity index (χ1n) is 9.02. The predicted molar refractivity (Wildman–Crippen MR) is 97.2 cm³/mol. The molecule has 0 unspecified atom stereocenters. The molecule has 1 saturated carbocycles. The number of nitrogens with one attached hydrogen (secondary N) is 1. The fraction of sp³-hybridized carbons (Fsp3) is 0.500. The lowest BCUT2D eigenvalue weighted by atomic mass is 10.1. The van der Waals surface area contributed by atoms with E-state index in [0.717, 1.165) is 25.7 Å². The van der Waals surface area contributed by atoms with Gasteiger partial charge in [-0.2, -0.15) is 0 Å². The summed E-state index contributed by atoms with van der Waals surface area (Å²) >= 11 is 0. The predicted octanol–water partition coefficient (Wildman–Crippen LogP) is 3.62. The summed E-state index contributed by atoms with van der Waals surface area (Å²) in [5.41, 5.74) is 0.496. The van der Waals surface area contributed by atoms with E-state index in [0.29, 0.717) is 5.56 Å². The Morgan fingerprint density at radius 1 is 1.23 bits per heavy atom. The first kappa shape index (κ1) is 19.9. The van der Waals surface area contributed by atoms with Crippen molar-refractivity contribution >= 4 is 18.0 Å². The molecule has 142 valence electrons. The van der Waals surface area contributed by atoms with Gasteiger partial charge in [-0.1, -0.05) is 31.7 Å². The third-order valence-electron chi connectivity index (χ3n) is 4.45. The van der Waals surface area contributed by atoms with Crippen molar-refractivity contribution in [1.82, 2.24) is 5.32 Å². The van der Waals surface area contributed by atoms with Gasteiger partial charge in [0, 0.05) is 12.1 Å². The van der Waals surface area contributed by atoms with E-state index in [9.17, 15) is 14.0 Å². The highest BCUT2D eigenvalue weighted by Gasteiger charge is 2.21. The molecule has 1 N–H and O–H groups in total. The van der Waals surface area contributed by atoms with Crippen LogP contribution in [0.2, 0.25) is 0 Å². The first-order valence-corrected chi connectivity index (χ1v) is 9.02. The molecule has 2 rings (SSSR count). The summed E-state index contributed by atoms with van der Waals surface area (Å²) in [6.45, 7) is 1.55. The average molecular weight is 363 g/mol. The number of ether oxygens (including phenoxy) is 2. The second-order valence-electron chi connectivity index (χ2n) is 6.50. The molecule has 5 nitrogen and oxygen atoms in total. The van der Waals surface area contributed by atoms with Crippen molar-refractivity contribution in [1.29, 1.82) is 0 Å². The Morgan fingerprint density at radius 2 is 1.92 bits per heavy atom. The number of rotatable bonds is 6. The molecule has 0 radical (unpaired) electrons. The fourth-order valence-corrected chi connectivity index (χ4v) is 2.96. The number of benzene rings is 1. The third-order valence-corrected chi connectivity index (χ3v) is 4.45. The van der Waals surface area contributed by atoms with E-state index in [-0.39, 0.29) is 17.7 Å². The summed E-state index contributed by atoms with van der Waals surface area (Å²) in [7, 11) is 1.38. The molecular weight excluding hydrogens is 337 g/mol. The first-order chi connectivity index (χ1) is 12.5. The molecule has 0 aliphatic heterocycles. The SMILES string of the molecule is COc1ccc(/C=C/C(=O)O[C@H](C)C(=O)NC2CCCCCC2)cc1F. The lowest BCUT2D eigenvalue weighted by molar-refractivity contribution is -0.150. The van der Waals surface area contributed by atoms with Gasteiger partial charge in [-0.3, -0.25) is 4.79 Å². The van der Waals surface area contributed by atoms with E-state index in [4.69, 9.17) is 9.47 Å². The lowest BCUT2D eigenvalue weighted by Gasteiger charge is -2.19. The van der Waals surface area contributed by atoms with Gasteiger partial charge in [0.15, 0.2) is 17.7 Å². The van der Waals surface area contributed by atoms with E-state index < -0.39 is 17.9 Å². The Balaban J connectivity index is 1.83. The van der Waals surface area contributed by atoms with Crippen LogP contribution in [0.25, 0.3) is 6.08 Å². The molecule has 1 aromatic carbocycles. The van der Waals surface area contributed by atoms with Gasteiger partial charge < -0.3 is 14.8 Å². The molecule has 1 fully saturated rings. The van der Waals surface area contributed by atoms with Crippen LogP contribution in [0.1, 0.15) is 51.0 Å². The van der Waals surface area contributed by atoms with Crippen LogP contribution in [0.5, 0.6) is 5.75 Å². The van der Waals surface area contributed by atoms with E-state index in [1.165, 1.54) is 44.2 Å². The number of hydrogen-bond acceptors (Lipinski definition) is 4. The van der Waals surface area contributed by atoms with Crippen molar-refractivity contribution in [3.05, 3.63) is 35.7 Å². The van der Waals surface area contributed by atoms with Gasteiger partial charge in [-0.25, -0.2) is 9.18 Å².